The van der Waals surface area contributed by atoms with Gasteiger partial charge in [0.2, 0.25) is 10.0 Å². The molecular weight excluding hydrogens is 368 g/mol. The van der Waals surface area contributed by atoms with Crippen LogP contribution < -0.4 is 5.14 Å². The van der Waals surface area contributed by atoms with E-state index >= 15 is 0 Å². The lowest BCUT2D eigenvalue weighted by atomic mass is 10.1. The van der Waals surface area contributed by atoms with E-state index in [-0.39, 0.29) is 17.3 Å². The lowest BCUT2D eigenvalue weighted by Crippen LogP contribution is -2.11. The number of benzene rings is 2. The van der Waals surface area contributed by atoms with E-state index in [0.717, 1.165) is 5.56 Å². The Balaban J connectivity index is 2.02. The highest BCUT2D eigenvalue weighted by Crippen LogP contribution is 2.33. The van der Waals surface area contributed by atoms with Gasteiger partial charge in [0, 0.05) is 17.5 Å². The lowest BCUT2D eigenvalue weighted by Gasteiger charge is -2.03. The molecule has 0 fully saturated rings. The molecule has 3 rings (SSSR count). The molecule has 2 aromatic carbocycles. The van der Waals surface area contributed by atoms with Gasteiger partial charge in [-0.2, -0.15) is 0 Å². The number of primary sulfonamides is 1. The third kappa shape index (κ3) is 4.42. The Bertz CT molecular complexity index is 1040. The SMILES string of the molecule is COC(=O)CCc1nc(-c2ccccc2)c(-c2ccc(S(N)(=O)=O)cc2)o1. The number of oxazole rings is 1. The first kappa shape index (κ1) is 18.8. The van der Waals surface area contributed by atoms with Crippen molar-refractivity contribution in [2.45, 2.75) is 17.7 Å². The third-order valence-electron chi connectivity index (χ3n) is 3.93. The zero-order chi connectivity index (χ0) is 19.4. The average Bonchev–Trinajstić information content (AvgIpc) is 3.10. The Labute approximate surface area is 156 Å². The lowest BCUT2D eigenvalue weighted by molar-refractivity contribution is -0.140. The monoisotopic (exact) mass is 386 g/mol. The van der Waals surface area contributed by atoms with Crippen LogP contribution in [0.15, 0.2) is 63.9 Å². The van der Waals surface area contributed by atoms with Crippen molar-refractivity contribution < 1.29 is 22.4 Å². The number of rotatable bonds is 6. The van der Waals surface area contributed by atoms with Crippen LogP contribution in [0.5, 0.6) is 0 Å². The Morgan fingerprint density at radius 3 is 2.33 bits per heavy atom. The number of nitrogens with two attached hydrogens (primary N) is 1. The molecule has 3 aromatic rings. The van der Waals surface area contributed by atoms with Gasteiger partial charge in [0.15, 0.2) is 11.7 Å². The first-order valence-electron chi connectivity index (χ1n) is 8.13. The summed E-state index contributed by atoms with van der Waals surface area (Å²) in [6.45, 7) is 0. The number of hydrogen-bond donors (Lipinski definition) is 1. The van der Waals surface area contributed by atoms with Crippen LogP contribution in [0.1, 0.15) is 12.3 Å². The zero-order valence-electron chi connectivity index (χ0n) is 14.6. The van der Waals surface area contributed by atoms with Crippen molar-refractivity contribution in [3.05, 3.63) is 60.5 Å². The first-order valence-corrected chi connectivity index (χ1v) is 9.68. The predicted molar refractivity (Wildman–Crippen MR) is 99.1 cm³/mol. The molecule has 0 aliphatic carbocycles. The second kappa shape index (κ2) is 7.73. The molecule has 1 aromatic heterocycles. The molecule has 0 saturated carbocycles. The van der Waals surface area contributed by atoms with Crippen LogP contribution >= 0.6 is 0 Å². The fourth-order valence-electron chi connectivity index (χ4n) is 2.57. The molecule has 1 heterocycles. The smallest absolute Gasteiger partial charge is 0.306 e. The van der Waals surface area contributed by atoms with E-state index in [1.54, 1.807) is 12.1 Å². The van der Waals surface area contributed by atoms with Crippen LogP contribution in [-0.4, -0.2) is 26.5 Å². The van der Waals surface area contributed by atoms with Crippen molar-refractivity contribution in [3.63, 3.8) is 0 Å². The highest BCUT2D eigenvalue weighted by molar-refractivity contribution is 7.89. The number of methoxy groups -OCH3 is 1. The number of sulfonamides is 1. The summed E-state index contributed by atoms with van der Waals surface area (Å²) in [5.41, 5.74) is 2.10. The highest BCUT2D eigenvalue weighted by Gasteiger charge is 2.18. The fourth-order valence-corrected chi connectivity index (χ4v) is 3.08. The van der Waals surface area contributed by atoms with Crippen LogP contribution in [0.4, 0.5) is 0 Å². The maximum absolute atomic E-state index is 11.4. The van der Waals surface area contributed by atoms with Gasteiger partial charge in [0.1, 0.15) is 5.69 Å². The Morgan fingerprint density at radius 1 is 1.07 bits per heavy atom. The molecule has 0 atom stereocenters. The van der Waals surface area contributed by atoms with Gasteiger partial charge in [0.25, 0.3) is 0 Å². The summed E-state index contributed by atoms with van der Waals surface area (Å²) in [6.07, 6.45) is 0.441. The topological polar surface area (TPSA) is 112 Å². The largest absolute Gasteiger partial charge is 0.469 e. The van der Waals surface area contributed by atoms with Gasteiger partial charge in [-0.15, -0.1) is 0 Å². The molecule has 0 radical (unpaired) electrons. The molecule has 140 valence electrons. The van der Waals surface area contributed by atoms with Gasteiger partial charge in [-0.05, 0) is 24.3 Å². The molecule has 27 heavy (non-hydrogen) atoms. The standard InChI is InChI=1S/C19H18N2O5S/c1-25-17(22)12-11-16-21-18(13-5-3-2-4-6-13)19(26-16)14-7-9-15(10-8-14)27(20,23)24/h2-10H,11-12H2,1H3,(H2,20,23,24). The minimum Gasteiger partial charge on any atom is -0.469 e. The number of esters is 1. The quantitative estimate of drug-likeness (QED) is 0.652. The molecule has 0 aliphatic rings. The summed E-state index contributed by atoms with van der Waals surface area (Å²) in [7, 11) is -2.45. The van der Waals surface area contributed by atoms with E-state index < -0.39 is 10.0 Å². The van der Waals surface area contributed by atoms with Gasteiger partial charge in [0.05, 0.1) is 18.4 Å². The Kier molecular flexibility index (Phi) is 5.38. The minimum absolute atomic E-state index is 0.0120. The van der Waals surface area contributed by atoms with Gasteiger partial charge in [-0.25, -0.2) is 18.5 Å². The molecule has 2 N–H and O–H groups in total. The molecule has 0 aliphatic heterocycles. The van der Waals surface area contributed by atoms with E-state index in [2.05, 4.69) is 9.72 Å². The summed E-state index contributed by atoms with van der Waals surface area (Å²) < 4.78 is 33.4. The highest BCUT2D eigenvalue weighted by atomic mass is 32.2. The summed E-state index contributed by atoms with van der Waals surface area (Å²) in [4.78, 5) is 15.9. The number of aryl methyl sites for hydroxylation is 1. The molecule has 0 saturated heterocycles. The van der Waals surface area contributed by atoms with E-state index in [9.17, 15) is 13.2 Å². The fraction of sp³-hybridized carbons (Fsp3) is 0.158. The normalized spacial score (nSPS) is 11.3. The maximum atomic E-state index is 11.4. The first-order chi connectivity index (χ1) is 12.9. The second-order valence-corrected chi connectivity index (χ2v) is 7.36. The van der Waals surface area contributed by atoms with Crippen LogP contribution in [0.3, 0.4) is 0 Å². The molecular formula is C19H18N2O5S. The van der Waals surface area contributed by atoms with Crippen LogP contribution in [0, 0.1) is 0 Å². The van der Waals surface area contributed by atoms with Crippen LogP contribution in [0.2, 0.25) is 0 Å². The Morgan fingerprint density at radius 2 is 1.74 bits per heavy atom. The molecule has 8 heteroatoms. The maximum Gasteiger partial charge on any atom is 0.306 e. The van der Waals surface area contributed by atoms with E-state index in [0.29, 0.717) is 29.3 Å². The summed E-state index contributed by atoms with van der Waals surface area (Å²) in [5, 5.41) is 5.14. The van der Waals surface area contributed by atoms with E-state index in [4.69, 9.17) is 9.56 Å². The zero-order valence-corrected chi connectivity index (χ0v) is 15.4. The molecule has 7 nitrogen and oxygen atoms in total. The number of aromatic nitrogens is 1. The van der Waals surface area contributed by atoms with E-state index in [1.807, 2.05) is 30.3 Å². The van der Waals surface area contributed by atoms with Gasteiger partial charge in [-0.1, -0.05) is 30.3 Å². The van der Waals surface area contributed by atoms with Crippen molar-refractivity contribution in [3.8, 4) is 22.6 Å². The number of hydrogen-bond acceptors (Lipinski definition) is 6. The summed E-state index contributed by atoms with van der Waals surface area (Å²) >= 11 is 0. The van der Waals surface area contributed by atoms with Crippen molar-refractivity contribution in [2.24, 2.45) is 5.14 Å². The molecule has 0 amide bonds. The van der Waals surface area contributed by atoms with Crippen LogP contribution in [0.25, 0.3) is 22.6 Å². The number of nitrogens with zero attached hydrogens (tertiary/aromatic N) is 1. The number of carbonyl (C=O) groups is 1. The van der Waals surface area contributed by atoms with Crippen molar-refractivity contribution in [2.75, 3.05) is 7.11 Å². The molecule has 0 spiro atoms. The number of ether oxygens (including phenoxy) is 1. The summed E-state index contributed by atoms with van der Waals surface area (Å²) in [5.74, 6) is 0.528. The molecule has 0 bridgehead atoms. The van der Waals surface area contributed by atoms with Gasteiger partial charge < -0.3 is 9.15 Å². The van der Waals surface area contributed by atoms with Crippen LogP contribution in [-0.2, 0) is 26.0 Å². The van der Waals surface area contributed by atoms with Crippen molar-refractivity contribution in [1.29, 1.82) is 0 Å². The predicted octanol–water partition coefficient (Wildman–Crippen LogP) is 2.76. The van der Waals surface area contributed by atoms with Crippen molar-refractivity contribution >= 4 is 16.0 Å². The Hall–Kier alpha value is -2.97. The van der Waals surface area contributed by atoms with Crippen molar-refractivity contribution in [1.82, 2.24) is 4.98 Å². The molecule has 0 unspecified atom stereocenters. The summed E-state index contributed by atoms with van der Waals surface area (Å²) in [6, 6.07) is 15.5. The van der Waals surface area contributed by atoms with Gasteiger partial charge in [-0.3, -0.25) is 4.79 Å². The van der Waals surface area contributed by atoms with Gasteiger partial charge >= 0.3 is 5.97 Å². The minimum atomic E-state index is -3.78. The number of carbonyl (C=O) groups excluding carboxylic acids is 1. The average molecular weight is 386 g/mol. The van der Waals surface area contributed by atoms with E-state index in [1.165, 1.54) is 19.2 Å². The third-order valence-corrected chi connectivity index (χ3v) is 4.86. The second-order valence-electron chi connectivity index (χ2n) is 5.80.